The van der Waals surface area contributed by atoms with Crippen LogP contribution in [0.2, 0.25) is 0 Å². The van der Waals surface area contributed by atoms with Gasteiger partial charge in [0, 0.05) is 25.7 Å². The van der Waals surface area contributed by atoms with Crippen LogP contribution in [0, 0.1) is 0 Å². The number of likely N-dealkylation sites (N-methyl/N-ethyl adjacent to an activating group) is 1. The summed E-state index contributed by atoms with van der Waals surface area (Å²) in [4.78, 5) is 6.56. The third-order valence-electron chi connectivity index (χ3n) is 3.71. The number of nitrogens with zero attached hydrogens (tertiary/aromatic N) is 2. The fourth-order valence-corrected chi connectivity index (χ4v) is 2.45. The maximum atomic E-state index is 4.21. The molecule has 1 aliphatic carbocycles. The highest BCUT2D eigenvalue weighted by atomic mass is 127. The van der Waals surface area contributed by atoms with Crippen molar-refractivity contribution in [3.8, 4) is 0 Å². The molecule has 0 radical (unpaired) electrons. The molecule has 0 saturated heterocycles. The van der Waals surface area contributed by atoms with Crippen molar-refractivity contribution in [2.75, 3.05) is 34.2 Å². The SMILES string of the molecule is C=CCNC(=NC)NCC1(N(C)C)CCCC1.I. The van der Waals surface area contributed by atoms with E-state index >= 15 is 0 Å². The Morgan fingerprint density at radius 2 is 1.94 bits per heavy atom. The number of guanidine groups is 1. The molecule has 5 heteroatoms. The molecule has 0 spiro atoms. The lowest BCUT2D eigenvalue weighted by molar-refractivity contribution is 0.160. The average molecular weight is 366 g/mol. The number of rotatable bonds is 5. The third kappa shape index (κ3) is 4.76. The fraction of sp³-hybridized carbons (Fsp3) is 0.769. The van der Waals surface area contributed by atoms with E-state index in [-0.39, 0.29) is 24.0 Å². The van der Waals surface area contributed by atoms with Crippen molar-refractivity contribution in [3.05, 3.63) is 12.7 Å². The highest BCUT2D eigenvalue weighted by molar-refractivity contribution is 14.0. The Labute approximate surface area is 128 Å². The van der Waals surface area contributed by atoms with Gasteiger partial charge in [0.05, 0.1) is 0 Å². The molecule has 4 nitrogen and oxygen atoms in total. The number of nitrogens with one attached hydrogen (secondary N) is 2. The van der Waals surface area contributed by atoms with Crippen LogP contribution in [0.15, 0.2) is 17.6 Å². The normalized spacial score (nSPS) is 18.3. The summed E-state index contributed by atoms with van der Waals surface area (Å²) in [5.74, 6) is 0.859. The van der Waals surface area contributed by atoms with Gasteiger partial charge in [0.15, 0.2) is 5.96 Å². The van der Waals surface area contributed by atoms with Gasteiger partial charge in [-0.1, -0.05) is 18.9 Å². The van der Waals surface area contributed by atoms with Gasteiger partial charge in [-0.15, -0.1) is 30.6 Å². The summed E-state index contributed by atoms with van der Waals surface area (Å²) in [5, 5.41) is 6.62. The molecule has 0 amide bonds. The summed E-state index contributed by atoms with van der Waals surface area (Å²) in [7, 11) is 6.15. The first kappa shape index (κ1) is 17.7. The molecule has 1 fully saturated rings. The van der Waals surface area contributed by atoms with Crippen molar-refractivity contribution in [2.24, 2.45) is 4.99 Å². The van der Waals surface area contributed by atoms with Crippen molar-refractivity contribution in [3.63, 3.8) is 0 Å². The second-order valence-electron chi connectivity index (χ2n) is 4.92. The predicted molar refractivity (Wildman–Crippen MR) is 89.9 cm³/mol. The van der Waals surface area contributed by atoms with E-state index in [1.807, 2.05) is 6.08 Å². The lowest BCUT2D eigenvalue weighted by Gasteiger charge is -2.36. The van der Waals surface area contributed by atoms with Crippen LogP contribution >= 0.6 is 24.0 Å². The van der Waals surface area contributed by atoms with Gasteiger partial charge in [0.2, 0.25) is 0 Å². The first-order chi connectivity index (χ1) is 8.14. The van der Waals surface area contributed by atoms with Gasteiger partial charge in [-0.25, -0.2) is 0 Å². The third-order valence-corrected chi connectivity index (χ3v) is 3.71. The largest absolute Gasteiger partial charge is 0.355 e. The van der Waals surface area contributed by atoms with E-state index in [0.717, 1.165) is 19.0 Å². The van der Waals surface area contributed by atoms with Crippen LogP contribution in [0.3, 0.4) is 0 Å². The lowest BCUT2D eigenvalue weighted by atomic mass is 9.96. The summed E-state index contributed by atoms with van der Waals surface area (Å²) in [6.45, 7) is 5.39. The highest BCUT2D eigenvalue weighted by Gasteiger charge is 2.35. The van der Waals surface area contributed by atoms with Gasteiger partial charge in [0.1, 0.15) is 0 Å². The van der Waals surface area contributed by atoms with E-state index in [0.29, 0.717) is 5.54 Å². The number of aliphatic imine (C=N–C) groups is 1. The molecule has 1 aliphatic rings. The molecular formula is C13H27IN4. The number of halogens is 1. The summed E-state index contributed by atoms with van der Waals surface area (Å²) in [6.07, 6.45) is 7.04. The minimum atomic E-state index is 0. The minimum Gasteiger partial charge on any atom is -0.355 e. The molecule has 1 rings (SSSR count). The molecular weight excluding hydrogens is 339 g/mol. The topological polar surface area (TPSA) is 39.7 Å². The monoisotopic (exact) mass is 366 g/mol. The van der Waals surface area contributed by atoms with Crippen LogP contribution < -0.4 is 10.6 Å². The van der Waals surface area contributed by atoms with Gasteiger partial charge in [-0.3, -0.25) is 4.99 Å². The van der Waals surface area contributed by atoms with Gasteiger partial charge in [0.25, 0.3) is 0 Å². The minimum absolute atomic E-state index is 0. The number of hydrogen-bond donors (Lipinski definition) is 2. The molecule has 0 aromatic rings. The van der Waals surface area contributed by atoms with E-state index in [2.05, 4.69) is 41.2 Å². The first-order valence-corrected chi connectivity index (χ1v) is 6.37. The van der Waals surface area contributed by atoms with Crippen molar-refractivity contribution >= 4 is 29.9 Å². The highest BCUT2D eigenvalue weighted by Crippen LogP contribution is 2.32. The standard InChI is InChI=1S/C13H26N4.HI/c1-5-10-15-12(14-2)16-11-13(17(3)4)8-6-7-9-13;/h5H,1,6-11H2,2-4H3,(H2,14,15,16);1H. The van der Waals surface area contributed by atoms with Crippen LogP contribution in [0.4, 0.5) is 0 Å². The quantitative estimate of drug-likeness (QED) is 0.338. The Kier molecular flexibility index (Phi) is 8.60. The van der Waals surface area contributed by atoms with E-state index in [1.54, 1.807) is 7.05 Å². The molecule has 0 aromatic heterocycles. The Morgan fingerprint density at radius 3 is 2.39 bits per heavy atom. The second kappa shape index (κ2) is 8.74. The second-order valence-corrected chi connectivity index (χ2v) is 4.92. The van der Waals surface area contributed by atoms with Gasteiger partial charge in [-0.05, 0) is 26.9 Å². The van der Waals surface area contributed by atoms with Crippen LogP contribution in [0.25, 0.3) is 0 Å². The fourth-order valence-electron chi connectivity index (χ4n) is 2.45. The zero-order valence-electron chi connectivity index (χ0n) is 11.8. The molecule has 0 aromatic carbocycles. The molecule has 18 heavy (non-hydrogen) atoms. The molecule has 0 bridgehead atoms. The molecule has 0 aliphatic heterocycles. The van der Waals surface area contributed by atoms with E-state index < -0.39 is 0 Å². The summed E-state index contributed by atoms with van der Waals surface area (Å²) in [6, 6.07) is 0. The summed E-state index contributed by atoms with van der Waals surface area (Å²) < 4.78 is 0. The van der Waals surface area contributed by atoms with Crippen molar-refractivity contribution in [1.29, 1.82) is 0 Å². The van der Waals surface area contributed by atoms with E-state index in [1.165, 1.54) is 25.7 Å². The molecule has 0 unspecified atom stereocenters. The molecule has 1 saturated carbocycles. The van der Waals surface area contributed by atoms with Crippen LogP contribution in [0.5, 0.6) is 0 Å². The average Bonchev–Trinajstić information content (AvgIpc) is 2.79. The Balaban J connectivity index is 0.00000289. The molecule has 0 heterocycles. The smallest absolute Gasteiger partial charge is 0.191 e. The summed E-state index contributed by atoms with van der Waals surface area (Å²) in [5.41, 5.74) is 0.297. The van der Waals surface area contributed by atoms with Crippen LogP contribution in [0.1, 0.15) is 25.7 Å². The Morgan fingerprint density at radius 1 is 1.33 bits per heavy atom. The molecule has 0 atom stereocenters. The zero-order chi connectivity index (χ0) is 12.7. The number of hydrogen-bond acceptors (Lipinski definition) is 2. The Hall–Kier alpha value is -0.300. The van der Waals surface area contributed by atoms with Crippen molar-refractivity contribution in [2.45, 2.75) is 31.2 Å². The Bertz CT molecular complexity index is 270. The van der Waals surface area contributed by atoms with Crippen molar-refractivity contribution < 1.29 is 0 Å². The molecule has 106 valence electrons. The van der Waals surface area contributed by atoms with Gasteiger partial charge in [-0.2, -0.15) is 0 Å². The van der Waals surface area contributed by atoms with Crippen LogP contribution in [-0.2, 0) is 0 Å². The predicted octanol–water partition coefficient (Wildman–Crippen LogP) is 1.83. The zero-order valence-corrected chi connectivity index (χ0v) is 14.2. The van der Waals surface area contributed by atoms with Crippen LogP contribution in [-0.4, -0.2) is 50.6 Å². The first-order valence-electron chi connectivity index (χ1n) is 6.37. The van der Waals surface area contributed by atoms with E-state index in [9.17, 15) is 0 Å². The van der Waals surface area contributed by atoms with Gasteiger partial charge < -0.3 is 15.5 Å². The van der Waals surface area contributed by atoms with Crippen molar-refractivity contribution in [1.82, 2.24) is 15.5 Å². The maximum absolute atomic E-state index is 4.21. The lowest BCUT2D eigenvalue weighted by Crippen LogP contribution is -2.52. The molecule has 2 N–H and O–H groups in total. The maximum Gasteiger partial charge on any atom is 0.191 e. The summed E-state index contributed by atoms with van der Waals surface area (Å²) >= 11 is 0. The van der Waals surface area contributed by atoms with E-state index in [4.69, 9.17) is 0 Å². The van der Waals surface area contributed by atoms with Gasteiger partial charge >= 0.3 is 0 Å².